The first kappa shape index (κ1) is 13.3. The summed E-state index contributed by atoms with van der Waals surface area (Å²) in [5.41, 5.74) is 6.99. The summed E-state index contributed by atoms with van der Waals surface area (Å²) >= 11 is 6.07. The summed E-state index contributed by atoms with van der Waals surface area (Å²) in [7, 11) is 3.49. The second-order valence-corrected chi connectivity index (χ2v) is 4.75. The van der Waals surface area contributed by atoms with Gasteiger partial charge in [-0.3, -0.25) is 0 Å². The van der Waals surface area contributed by atoms with Crippen LogP contribution >= 0.6 is 11.6 Å². The van der Waals surface area contributed by atoms with E-state index in [1.54, 1.807) is 7.11 Å². The molecule has 0 heterocycles. The molecule has 1 unspecified atom stereocenters. The molecule has 3 N–H and O–H groups in total. The van der Waals surface area contributed by atoms with Crippen molar-refractivity contribution in [2.75, 3.05) is 14.2 Å². The first-order valence-corrected chi connectivity index (χ1v) is 5.58. The van der Waals surface area contributed by atoms with Crippen molar-refractivity contribution in [2.24, 2.45) is 5.73 Å². The first-order valence-electron chi connectivity index (χ1n) is 5.20. The number of benzene rings is 1. The van der Waals surface area contributed by atoms with Crippen LogP contribution in [-0.2, 0) is 0 Å². The minimum Gasteiger partial charge on any atom is -0.495 e. The SMILES string of the molecule is CNC(C)(C)C(N)c1ccc(OC)c(Cl)c1. The van der Waals surface area contributed by atoms with Crippen LogP contribution in [0.5, 0.6) is 5.75 Å². The molecule has 90 valence electrons. The normalized spacial score (nSPS) is 13.6. The van der Waals surface area contributed by atoms with Crippen LogP contribution in [0.2, 0.25) is 5.02 Å². The Morgan fingerprint density at radius 2 is 2.06 bits per heavy atom. The highest BCUT2D eigenvalue weighted by molar-refractivity contribution is 6.32. The maximum Gasteiger partial charge on any atom is 0.137 e. The predicted molar refractivity (Wildman–Crippen MR) is 68.1 cm³/mol. The van der Waals surface area contributed by atoms with E-state index in [0.29, 0.717) is 10.8 Å². The number of halogens is 1. The van der Waals surface area contributed by atoms with Gasteiger partial charge in [0.15, 0.2) is 0 Å². The summed E-state index contributed by atoms with van der Waals surface area (Å²) in [5, 5.41) is 3.77. The van der Waals surface area contributed by atoms with Crippen LogP contribution in [0.1, 0.15) is 25.5 Å². The Bertz CT molecular complexity index is 366. The largest absolute Gasteiger partial charge is 0.495 e. The van der Waals surface area contributed by atoms with Crippen molar-refractivity contribution in [3.05, 3.63) is 28.8 Å². The first-order chi connectivity index (χ1) is 7.42. The molecule has 0 aliphatic rings. The van der Waals surface area contributed by atoms with Gasteiger partial charge in [-0.25, -0.2) is 0 Å². The summed E-state index contributed by atoms with van der Waals surface area (Å²) in [6, 6.07) is 5.50. The van der Waals surface area contributed by atoms with Crippen LogP contribution < -0.4 is 15.8 Å². The quantitative estimate of drug-likeness (QED) is 0.852. The zero-order chi connectivity index (χ0) is 12.3. The summed E-state index contributed by atoms with van der Waals surface area (Å²) < 4.78 is 5.10. The molecule has 0 bridgehead atoms. The number of hydrogen-bond donors (Lipinski definition) is 2. The van der Waals surface area contributed by atoms with Gasteiger partial charge in [0.2, 0.25) is 0 Å². The van der Waals surface area contributed by atoms with Gasteiger partial charge in [0.25, 0.3) is 0 Å². The molecule has 16 heavy (non-hydrogen) atoms. The van der Waals surface area contributed by atoms with Gasteiger partial charge in [-0.05, 0) is 38.6 Å². The summed E-state index contributed by atoms with van der Waals surface area (Å²) in [6.45, 7) is 4.10. The molecule has 1 aromatic carbocycles. The van der Waals surface area contributed by atoms with E-state index < -0.39 is 0 Å². The summed E-state index contributed by atoms with van der Waals surface area (Å²) in [4.78, 5) is 0. The maximum absolute atomic E-state index is 6.18. The third kappa shape index (κ3) is 2.67. The highest BCUT2D eigenvalue weighted by Crippen LogP contribution is 2.30. The molecule has 0 radical (unpaired) electrons. The van der Waals surface area contributed by atoms with E-state index >= 15 is 0 Å². The van der Waals surface area contributed by atoms with Gasteiger partial charge in [0.1, 0.15) is 5.75 Å². The molecular weight excluding hydrogens is 224 g/mol. The average molecular weight is 243 g/mol. The maximum atomic E-state index is 6.18. The number of rotatable bonds is 4. The molecule has 0 aromatic heterocycles. The third-order valence-electron chi connectivity index (χ3n) is 2.96. The molecule has 4 heteroatoms. The van der Waals surface area contributed by atoms with E-state index in [1.807, 2.05) is 25.2 Å². The van der Waals surface area contributed by atoms with Crippen molar-refractivity contribution >= 4 is 11.6 Å². The van der Waals surface area contributed by atoms with Crippen molar-refractivity contribution in [3.8, 4) is 5.75 Å². The van der Waals surface area contributed by atoms with E-state index in [-0.39, 0.29) is 11.6 Å². The van der Waals surface area contributed by atoms with Gasteiger partial charge in [-0.1, -0.05) is 17.7 Å². The van der Waals surface area contributed by atoms with Crippen LogP contribution in [-0.4, -0.2) is 19.7 Å². The Morgan fingerprint density at radius 3 is 2.50 bits per heavy atom. The molecule has 1 aromatic rings. The molecule has 0 amide bonds. The molecule has 1 rings (SSSR count). The van der Waals surface area contributed by atoms with E-state index in [0.717, 1.165) is 5.56 Å². The Kier molecular flexibility index (Phi) is 4.19. The van der Waals surface area contributed by atoms with Gasteiger partial charge in [0.05, 0.1) is 12.1 Å². The van der Waals surface area contributed by atoms with Gasteiger partial charge in [-0.2, -0.15) is 0 Å². The van der Waals surface area contributed by atoms with Gasteiger partial charge in [-0.15, -0.1) is 0 Å². The van der Waals surface area contributed by atoms with Crippen LogP contribution in [0.25, 0.3) is 0 Å². The average Bonchev–Trinajstić information content (AvgIpc) is 2.27. The van der Waals surface area contributed by atoms with Crippen LogP contribution in [0.3, 0.4) is 0 Å². The molecule has 0 fully saturated rings. The van der Waals surface area contributed by atoms with E-state index in [9.17, 15) is 0 Å². The zero-order valence-electron chi connectivity index (χ0n) is 10.2. The lowest BCUT2D eigenvalue weighted by Crippen LogP contribution is -2.46. The number of hydrogen-bond acceptors (Lipinski definition) is 3. The van der Waals surface area contributed by atoms with Crippen molar-refractivity contribution in [3.63, 3.8) is 0 Å². The molecule has 1 atom stereocenters. The number of nitrogens with two attached hydrogens (primary N) is 1. The Morgan fingerprint density at radius 1 is 1.44 bits per heavy atom. The molecule has 0 saturated carbocycles. The third-order valence-corrected chi connectivity index (χ3v) is 3.25. The van der Waals surface area contributed by atoms with Gasteiger partial charge >= 0.3 is 0 Å². The van der Waals surface area contributed by atoms with Gasteiger partial charge < -0.3 is 15.8 Å². The lowest BCUT2D eigenvalue weighted by atomic mass is 9.89. The molecule has 0 spiro atoms. The second kappa shape index (κ2) is 5.04. The highest BCUT2D eigenvalue weighted by atomic mass is 35.5. The summed E-state index contributed by atoms with van der Waals surface area (Å²) in [6.07, 6.45) is 0. The molecular formula is C12H19ClN2O. The standard InChI is InChI=1S/C12H19ClN2O/c1-12(2,15-3)11(14)8-5-6-10(16-4)9(13)7-8/h5-7,11,15H,14H2,1-4H3. The van der Waals surface area contributed by atoms with Crippen LogP contribution in [0, 0.1) is 0 Å². The second-order valence-electron chi connectivity index (χ2n) is 4.34. The Hall–Kier alpha value is -0.770. The van der Waals surface area contributed by atoms with Crippen molar-refractivity contribution in [2.45, 2.75) is 25.4 Å². The van der Waals surface area contributed by atoms with E-state index in [4.69, 9.17) is 22.1 Å². The van der Waals surface area contributed by atoms with E-state index in [2.05, 4.69) is 19.2 Å². The van der Waals surface area contributed by atoms with Crippen LogP contribution in [0.4, 0.5) is 0 Å². The van der Waals surface area contributed by atoms with Crippen LogP contribution in [0.15, 0.2) is 18.2 Å². The minimum atomic E-state index is -0.183. The Labute approximate surface area is 102 Å². The number of methoxy groups -OCH3 is 1. The number of ether oxygens (including phenoxy) is 1. The predicted octanol–water partition coefficient (Wildman–Crippen LogP) is 2.35. The highest BCUT2D eigenvalue weighted by Gasteiger charge is 2.26. The fourth-order valence-electron chi connectivity index (χ4n) is 1.45. The van der Waals surface area contributed by atoms with Gasteiger partial charge in [0, 0.05) is 11.6 Å². The van der Waals surface area contributed by atoms with Crippen molar-refractivity contribution < 1.29 is 4.74 Å². The topological polar surface area (TPSA) is 47.3 Å². The fourth-order valence-corrected chi connectivity index (χ4v) is 1.71. The zero-order valence-corrected chi connectivity index (χ0v) is 10.9. The summed E-state index contributed by atoms with van der Waals surface area (Å²) in [5.74, 6) is 0.667. The number of nitrogens with one attached hydrogen (secondary N) is 1. The molecule has 3 nitrogen and oxygen atoms in total. The Balaban J connectivity index is 3.02. The smallest absolute Gasteiger partial charge is 0.137 e. The number of likely N-dealkylation sites (N-methyl/N-ethyl adjacent to an activating group) is 1. The van der Waals surface area contributed by atoms with Crippen molar-refractivity contribution in [1.82, 2.24) is 5.32 Å². The minimum absolute atomic E-state index is 0.124. The molecule has 0 saturated heterocycles. The van der Waals surface area contributed by atoms with Crippen molar-refractivity contribution in [1.29, 1.82) is 0 Å². The monoisotopic (exact) mass is 242 g/mol. The molecule has 0 aliphatic heterocycles. The lowest BCUT2D eigenvalue weighted by Gasteiger charge is -2.31. The fraction of sp³-hybridized carbons (Fsp3) is 0.500. The van der Waals surface area contributed by atoms with E-state index in [1.165, 1.54) is 0 Å². The molecule has 0 aliphatic carbocycles. The lowest BCUT2D eigenvalue weighted by molar-refractivity contribution is 0.348.